The Morgan fingerprint density at radius 3 is 1.43 bits per heavy atom. The molecule has 0 saturated carbocycles. The van der Waals surface area contributed by atoms with E-state index in [1.165, 1.54) is 20.2 Å². The Hall–Kier alpha value is -2.50. The summed E-state index contributed by atoms with van der Waals surface area (Å²) in [5.41, 5.74) is 1.60. The maximum Gasteiger partial charge on any atom is 0.147 e. The highest BCUT2D eigenvalue weighted by Gasteiger charge is 2.19. The molecule has 0 aliphatic carbocycles. The average Bonchev–Trinajstić information content (AvgIpc) is 3.34. The van der Waals surface area contributed by atoms with Gasteiger partial charge in [-0.2, -0.15) is 0 Å². The Morgan fingerprint density at radius 1 is 0.533 bits per heavy atom. The van der Waals surface area contributed by atoms with Gasteiger partial charge in [-0.1, -0.05) is 71.7 Å². The highest BCUT2D eigenvalue weighted by atomic mass is 35.5. The molecule has 4 aromatic heterocycles. The molecule has 6 heteroatoms. The molecule has 4 heterocycles. The second-order valence-electron chi connectivity index (χ2n) is 7.27. The van der Waals surface area contributed by atoms with E-state index in [0.29, 0.717) is 10.3 Å². The van der Waals surface area contributed by atoms with Crippen LogP contribution in [0.15, 0.2) is 60.7 Å². The van der Waals surface area contributed by atoms with Crippen LogP contribution in [0.1, 0.15) is 0 Å². The highest BCUT2D eigenvalue weighted by molar-refractivity contribution is 7.27. The molecule has 7 rings (SSSR count). The zero-order chi connectivity index (χ0) is 20.0. The van der Waals surface area contributed by atoms with Gasteiger partial charge >= 0.3 is 0 Å². The summed E-state index contributed by atoms with van der Waals surface area (Å²) in [6.45, 7) is 0. The van der Waals surface area contributed by atoms with Gasteiger partial charge in [0.2, 0.25) is 0 Å². The van der Waals surface area contributed by atoms with Crippen LogP contribution in [-0.2, 0) is 0 Å². The van der Waals surface area contributed by atoms with Crippen molar-refractivity contribution in [3.05, 3.63) is 71.0 Å². The molecule has 0 bridgehead atoms. The van der Waals surface area contributed by atoms with Gasteiger partial charge in [0.1, 0.15) is 10.3 Å². The zero-order valence-electron chi connectivity index (χ0n) is 15.2. The fraction of sp³-hybridized carbons (Fsp3) is 0. The van der Waals surface area contributed by atoms with Crippen LogP contribution in [0.3, 0.4) is 0 Å². The summed E-state index contributed by atoms with van der Waals surface area (Å²) >= 11 is 16.7. The second-order valence-corrected chi connectivity index (χ2v) is 10.1. The average molecular weight is 461 g/mol. The van der Waals surface area contributed by atoms with Gasteiger partial charge in [0.15, 0.2) is 0 Å². The second kappa shape index (κ2) is 6.02. The summed E-state index contributed by atoms with van der Waals surface area (Å²) in [4.78, 5) is 9.60. The van der Waals surface area contributed by atoms with Crippen LogP contribution in [0.4, 0.5) is 0 Å². The minimum Gasteiger partial charge on any atom is -0.232 e. The van der Waals surface area contributed by atoms with E-state index in [9.17, 15) is 0 Å². The molecule has 0 fully saturated rings. The lowest BCUT2D eigenvalue weighted by molar-refractivity contribution is 1.41. The number of benzene rings is 3. The van der Waals surface area contributed by atoms with Crippen molar-refractivity contribution in [2.45, 2.75) is 0 Å². The van der Waals surface area contributed by atoms with E-state index >= 15 is 0 Å². The third-order valence-corrected chi connectivity index (χ3v) is 8.80. The fourth-order valence-corrected chi connectivity index (χ4v) is 7.21. The van der Waals surface area contributed by atoms with E-state index in [1.807, 2.05) is 0 Å². The van der Waals surface area contributed by atoms with E-state index in [-0.39, 0.29) is 0 Å². The van der Waals surface area contributed by atoms with Crippen LogP contribution in [-0.4, -0.2) is 9.97 Å². The van der Waals surface area contributed by atoms with Crippen molar-refractivity contribution in [3.8, 4) is 0 Å². The molecule has 2 nitrogen and oxygen atoms in total. The summed E-state index contributed by atoms with van der Waals surface area (Å²) < 4.78 is 4.43. The lowest BCUT2D eigenvalue weighted by atomic mass is 10.0. The number of thiophene rings is 2. The summed E-state index contributed by atoms with van der Waals surface area (Å²) in [7, 11) is 0. The van der Waals surface area contributed by atoms with Crippen molar-refractivity contribution in [2.24, 2.45) is 0 Å². The molecule has 0 atom stereocenters. The van der Waals surface area contributed by atoms with Crippen LogP contribution in [0.25, 0.3) is 62.2 Å². The van der Waals surface area contributed by atoms with E-state index in [1.54, 1.807) is 22.7 Å². The minimum absolute atomic E-state index is 0.513. The number of hydrogen-bond acceptors (Lipinski definition) is 4. The van der Waals surface area contributed by atoms with Crippen LogP contribution < -0.4 is 0 Å². The smallest absolute Gasteiger partial charge is 0.147 e. The summed E-state index contributed by atoms with van der Waals surface area (Å²) in [6, 6.07) is 21.1. The predicted octanol–water partition coefficient (Wildman–Crippen LogP) is 8.83. The van der Waals surface area contributed by atoms with Gasteiger partial charge in [0, 0.05) is 41.7 Å². The molecule has 0 unspecified atom stereocenters. The Morgan fingerprint density at radius 2 is 0.967 bits per heavy atom. The number of fused-ring (bicyclic) bond motifs is 11. The Labute approximate surface area is 188 Å². The first kappa shape index (κ1) is 17.2. The van der Waals surface area contributed by atoms with E-state index < -0.39 is 0 Å². The fourth-order valence-electron chi connectivity index (χ4n) is 4.42. The van der Waals surface area contributed by atoms with Gasteiger partial charge in [-0.25, -0.2) is 9.97 Å². The maximum absolute atomic E-state index is 6.68. The molecule has 0 amide bonds. The third kappa shape index (κ3) is 2.14. The molecule has 0 saturated heterocycles. The number of hydrogen-bond donors (Lipinski definition) is 0. The first-order valence-corrected chi connectivity index (χ1v) is 11.8. The van der Waals surface area contributed by atoms with Crippen molar-refractivity contribution in [1.29, 1.82) is 0 Å². The van der Waals surface area contributed by atoms with Gasteiger partial charge in [-0.05, 0) is 12.1 Å². The summed E-state index contributed by atoms with van der Waals surface area (Å²) in [5, 5.41) is 7.81. The third-order valence-electron chi connectivity index (χ3n) is 5.68. The van der Waals surface area contributed by atoms with Gasteiger partial charge in [0.05, 0.1) is 20.4 Å². The molecule has 7 aromatic rings. The van der Waals surface area contributed by atoms with Gasteiger partial charge in [-0.3, -0.25) is 0 Å². The molecule has 3 aromatic carbocycles. The normalized spacial score (nSPS) is 12.3. The van der Waals surface area contributed by atoms with E-state index in [4.69, 9.17) is 33.2 Å². The van der Waals surface area contributed by atoms with Gasteiger partial charge in [-0.15, -0.1) is 22.7 Å². The number of aromatic nitrogens is 2. The van der Waals surface area contributed by atoms with Crippen LogP contribution >= 0.6 is 45.9 Å². The van der Waals surface area contributed by atoms with Crippen molar-refractivity contribution in [3.63, 3.8) is 0 Å². The quantitative estimate of drug-likeness (QED) is 0.167. The van der Waals surface area contributed by atoms with Crippen LogP contribution in [0, 0.1) is 0 Å². The number of pyridine rings is 2. The predicted molar refractivity (Wildman–Crippen MR) is 133 cm³/mol. The van der Waals surface area contributed by atoms with Gasteiger partial charge < -0.3 is 0 Å². The van der Waals surface area contributed by atoms with Crippen molar-refractivity contribution < 1.29 is 0 Å². The van der Waals surface area contributed by atoms with E-state index in [0.717, 1.165) is 42.0 Å². The van der Waals surface area contributed by atoms with E-state index in [2.05, 4.69) is 60.7 Å². The Bertz CT molecular complexity index is 1700. The molecular weight excluding hydrogens is 451 g/mol. The number of nitrogens with zero attached hydrogens (tertiary/aromatic N) is 2. The lowest BCUT2D eigenvalue weighted by Gasteiger charge is -2.08. The zero-order valence-corrected chi connectivity index (χ0v) is 18.4. The summed E-state index contributed by atoms with van der Waals surface area (Å²) in [5.74, 6) is 0. The Kier molecular flexibility index (Phi) is 3.45. The molecule has 0 aliphatic rings. The number of rotatable bonds is 0. The topological polar surface area (TPSA) is 25.8 Å². The first-order valence-electron chi connectivity index (χ1n) is 9.40. The standard InChI is InChI=1S/C24H10Cl2N2S2/c25-23-21-17(11-5-1-3-7-15(11)29-21)13-9-10-14-18-12-6-2-4-8-16(12)30-22(18)24(26)28-20(14)19(13)27-23/h1-10H. The highest BCUT2D eigenvalue weighted by Crippen LogP contribution is 2.45. The van der Waals surface area contributed by atoms with Crippen molar-refractivity contribution in [1.82, 2.24) is 9.97 Å². The molecule has 0 aliphatic heterocycles. The largest absolute Gasteiger partial charge is 0.232 e. The van der Waals surface area contributed by atoms with Crippen molar-refractivity contribution in [2.75, 3.05) is 0 Å². The molecule has 0 radical (unpaired) electrons. The SMILES string of the molecule is Clc1nc2c(ccc3c2nc(Cl)c2sc4ccccc4c23)c2c1sc1ccccc12. The molecule has 0 N–H and O–H groups in total. The van der Waals surface area contributed by atoms with Crippen LogP contribution in [0.5, 0.6) is 0 Å². The molecular formula is C24H10Cl2N2S2. The summed E-state index contributed by atoms with van der Waals surface area (Å²) in [6.07, 6.45) is 0. The lowest BCUT2D eigenvalue weighted by Crippen LogP contribution is -1.89. The molecule has 142 valence electrons. The van der Waals surface area contributed by atoms with Crippen molar-refractivity contribution >= 4 is 108 Å². The number of halogens is 2. The maximum atomic E-state index is 6.68. The monoisotopic (exact) mass is 460 g/mol. The molecule has 0 spiro atoms. The first-order chi connectivity index (χ1) is 14.7. The molecule has 30 heavy (non-hydrogen) atoms. The minimum atomic E-state index is 0.513. The van der Waals surface area contributed by atoms with Gasteiger partial charge in [0.25, 0.3) is 0 Å². The Balaban J connectivity index is 1.77. The van der Waals surface area contributed by atoms with Crippen LogP contribution in [0.2, 0.25) is 10.3 Å².